The van der Waals surface area contributed by atoms with Gasteiger partial charge in [-0.25, -0.2) is 0 Å². The fraction of sp³-hybridized carbons (Fsp3) is 0.432. The van der Waals surface area contributed by atoms with Crippen LogP contribution in [0.15, 0.2) is 60.7 Å². The Labute approximate surface area is 342 Å². The molecule has 4 aromatic rings. The third-order valence-electron chi connectivity index (χ3n) is 11.8. The predicted molar refractivity (Wildman–Crippen MR) is 219 cm³/mol. The average molecular weight is 810 g/mol. The molecule has 4 aliphatic rings. The number of carboxylic acid groups (broad SMARTS) is 1. The molecular formula is C44H54Cl2N2O8. The monoisotopic (exact) mass is 808 g/mol. The molecule has 3 unspecified atom stereocenters. The van der Waals surface area contributed by atoms with Crippen LogP contribution in [0.4, 0.5) is 0 Å². The molecule has 8 rings (SSSR count). The van der Waals surface area contributed by atoms with Gasteiger partial charge in [-0.05, 0) is 110 Å². The summed E-state index contributed by atoms with van der Waals surface area (Å²) in [5.74, 6) is 2.90. The highest BCUT2D eigenvalue weighted by Crippen LogP contribution is 2.52. The number of unbranched alkanes of at least 4 members (excludes halogenated alkanes) is 3. The number of phenols is 1. The van der Waals surface area contributed by atoms with Crippen LogP contribution in [0.1, 0.15) is 77.6 Å². The Balaban J connectivity index is 0.00000300. The van der Waals surface area contributed by atoms with Crippen molar-refractivity contribution in [2.45, 2.75) is 69.9 Å². The van der Waals surface area contributed by atoms with Crippen LogP contribution in [0.5, 0.6) is 46.0 Å². The summed E-state index contributed by atoms with van der Waals surface area (Å²) in [6.07, 6.45) is 6.63. The number of nitrogens with zero attached hydrogens (tertiary/aromatic N) is 2. The minimum atomic E-state index is -0.985. The number of carbonyl (C=O) groups excluding carboxylic acids is 1. The van der Waals surface area contributed by atoms with Gasteiger partial charge in [0.1, 0.15) is 11.8 Å². The van der Waals surface area contributed by atoms with Gasteiger partial charge in [0.25, 0.3) is 0 Å². The fourth-order valence-corrected chi connectivity index (χ4v) is 8.70. The third kappa shape index (κ3) is 8.79. The zero-order valence-corrected chi connectivity index (χ0v) is 34.6. The number of likely N-dealkylation sites (N-methyl/N-ethyl adjacent to an activating group) is 2. The van der Waals surface area contributed by atoms with E-state index in [-0.39, 0.29) is 49.1 Å². The van der Waals surface area contributed by atoms with Crippen LogP contribution in [0, 0.1) is 0 Å². The Hall–Kier alpha value is -4.35. The van der Waals surface area contributed by atoms with Gasteiger partial charge < -0.3 is 43.2 Å². The molecule has 6 bridgehead atoms. The van der Waals surface area contributed by atoms with Crippen LogP contribution in [0.25, 0.3) is 0 Å². The number of carbonyl (C=O) groups is 1. The summed E-state index contributed by atoms with van der Waals surface area (Å²) in [6, 6.07) is 20.6. The number of rotatable bonds is 10. The number of ether oxygens (including phenoxy) is 5. The molecule has 0 amide bonds. The maximum Gasteiger partial charge on any atom is 0.201 e. The van der Waals surface area contributed by atoms with Gasteiger partial charge in [-0.2, -0.15) is 0 Å². The summed E-state index contributed by atoms with van der Waals surface area (Å²) in [6.45, 7) is 2.73. The lowest BCUT2D eigenvalue weighted by Crippen LogP contribution is -2.52. The van der Waals surface area contributed by atoms with E-state index in [0.717, 1.165) is 85.1 Å². The molecule has 1 N–H and O–H groups in total. The minimum absolute atomic E-state index is 0. The van der Waals surface area contributed by atoms with Crippen LogP contribution in [0.3, 0.4) is 0 Å². The second-order valence-electron chi connectivity index (χ2n) is 15.2. The van der Waals surface area contributed by atoms with E-state index < -0.39 is 5.97 Å². The molecule has 0 fully saturated rings. The first-order chi connectivity index (χ1) is 26.1. The van der Waals surface area contributed by atoms with Gasteiger partial charge in [0.2, 0.25) is 5.75 Å². The van der Waals surface area contributed by atoms with Gasteiger partial charge >= 0.3 is 0 Å². The molecule has 12 heteroatoms. The smallest absolute Gasteiger partial charge is 0.201 e. The molecule has 4 heterocycles. The normalized spacial score (nSPS) is 19.7. The summed E-state index contributed by atoms with van der Waals surface area (Å²) in [7, 11) is 9.33. The number of aliphatic carboxylic acids is 1. The predicted octanol–water partition coefficient (Wildman–Crippen LogP) is 7.92. The number of hydrogen-bond donors (Lipinski definition) is 1. The van der Waals surface area contributed by atoms with E-state index in [0.29, 0.717) is 47.3 Å². The van der Waals surface area contributed by atoms with Crippen LogP contribution >= 0.6 is 24.8 Å². The third-order valence-corrected chi connectivity index (χ3v) is 11.8. The molecule has 0 saturated carbocycles. The van der Waals surface area contributed by atoms with Crippen LogP contribution < -0.4 is 28.8 Å². The zero-order valence-electron chi connectivity index (χ0n) is 32.9. The van der Waals surface area contributed by atoms with Crippen molar-refractivity contribution in [2.75, 3.05) is 55.1 Å². The molecule has 10 nitrogen and oxygen atoms in total. The minimum Gasteiger partial charge on any atom is -0.550 e. The number of phenolic OH excluding ortho intramolecular Hbond substituents is 1. The SMILES string of the molecule is COc1ccc2cc1Oc1ccc(cc1)CC1c3cc(c(OC)cc3CC[N+]1(C)CCCCCCC(=O)[O-])Oc1c(O)c(OC)cc3c1C(C2)N(C)CC3.Cl.Cl. The molecule has 0 aliphatic carbocycles. The largest absolute Gasteiger partial charge is 0.550 e. The maximum atomic E-state index is 11.8. The summed E-state index contributed by atoms with van der Waals surface area (Å²) < 4.78 is 31.7. The fourth-order valence-electron chi connectivity index (χ4n) is 8.70. The highest BCUT2D eigenvalue weighted by Gasteiger charge is 2.40. The quantitative estimate of drug-likeness (QED) is 0.126. The second-order valence-corrected chi connectivity index (χ2v) is 15.2. The van der Waals surface area contributed by atoms with E-state index in [1.165, 1.54) is 16.7 Å². The van der Waals surface area contributed by atoms with Gasteiger partial charge in [-0.15, -0.1) is 24.8 Å². The topological polar surface area (TPSA) is 110 Å². The van der Waals surface area contributed by atoms with Crippen molar-refractivity contribution in [3.05, 3.63) is 94.0 Å². The molecule has 3 atom stereocenters. The number of fused-ring (bicyclic) bond motifs is 2. The Kier molecular flexibility index (Phi) is 14.0. The zero-order chi connectivity index (χ0) is 38.0. The maximum absolute atomic E-state index is 11.8. The molecule has 302 valence electrons. The van der Waals surface area contributed by atoms with Crippen molar-refractivity contribution in [1.82, 2.24) is 4.90 Å². The first-order valence-corrected chi connectivity index (χ1v) is 19.1. The number of quaternary nitrogens is 1. The average Bonchev–Trinajstić information content (AvgIpc) is 3.16. The van der Waals surface area contributed by atoms with E-state index in [1.54, 1.807) is 21.3 Å². The van der Waals surface area contributed by atoms with Crippen molar-refractivity contribution in [2.24, 2.45) is 0 Å². The molecule has 0 saturated heterocycles. The van der Waals surface area contributed by atoms with Gasteiger partial charge in [0.05, 0.1) is 41.5 Å². The van der Waals surface area contributed by atoms with E-state index in [1.807, 2.05) is 30.3 Å². The van der Waals surface area contributed by atoms with E-state index in [9.17, 15) is 15.0 Å². The highest BCUT2D eigenvalue weighted by atomic mass is 35.5. The molecule has 56 heavy (non-hydrogen) atoms. The Morgan fingerprint density at radius 2 is 1.50 bits per heavy atom. The molecule has 4 aliphatic heterocycles. The van der Waals surface area contributed by atoms with Gasteiger partial charge in [0, 0.05) is 42.5 Å². The molecule has 4 aromatic carbocycles. The standard InChI is InChI=1S/C44H52N2O8.2ClH/c1-45-19-17-31-26-40(52-5)43(49)44-42(31)34(45)22-29-13-16-36(50-3)38(24-29)53-32-14-11-28(12-15-32)23-35-33-27-39(54-44)37(51-4)25-30(33)18-21-46(35,2)20-9-7-6-8-10-41(47)48;;/h11-16,24-27,34-35H,6-10,17-23H2,1-5H3,(H-,47,48,49);2*1H. The lowest BCUT2D eigenvalue weighted by Gasteiger charge is -2.46. The molecule has 0 spiro atoms. The van der Waals surface area contributed by atoms with Crippen LogP contribution in [-0.4, -0.2) is 75.5 Å². The number of methoxy groups -OCH3 is 3. The van der Waals surface area contributed by atoms with Gasteiger partial charge in [0.15, 0.2) is 34.5 Å². The number of aromatic hydroxyl groups is 1. The van der Waals surface area contributed by atoms with Crippen molar-refractivity contribution in [3.8, 4) is 46.0 Å². The number of halogens is 2. The Morgan fingerprint density at radius 3 is 2.21 bits per heavy atom. The van der Waals surface area contributed by atoms with E-state index in [4.69, 9.17) is 23.7 Å². The van der Waals surface area contributed by atoms with Crippen molar-refractivity contribution >= 4 is 30.8 Å². The van der Waals surface area contributed by atoms with E-state index in [2.05, 4.69) is 49.3 Å². The Morgan fingerprint density at radius 1 is 0.821 bits per heavy atom. The molecule has 0 aromatic heterocycles. The number of carboxylic acids is 1. The van der Waals surface area contributed by atoms with E-state index >= 15 is 0 Å². The lowest BCUT2D eigenvalue weighted by atomic mass is 9.85. The van der Waals surface area contributed by atoms with Crippen LogP contribution in [0.2, 0.25) is 0 Å². The first kappa shape index (κ1) is 42.8. The molecule has 0 radical (unpaired) electrons. The highest BCUT2D eigenvalue weighted by molar-refractivity contribution is 5.85. The number of benzene rings is 4. The summed E-state index contributed by atoms with van der Waals surface area (Å²) in [4.78, 5) is 13.3. The van der Waals surface area contributed by atoms with Crippen molar-refractivity contribution in [1.29, 1.82) is 0 Å². The Bertz CT molecular complexity index is 2010. The first-order valence-electron chi connectivity index (χ1n) is 19.1. The van der Waals surface area contributed by atoms with Crippen LogP contribution in [-0.2, 0) is 30.5 Å². The van der Waals surface area contributed by atoms with Crippen molar-refractivity contribution < 1.29 is 43.2 Å². The summed E-state index contributed by atoms with van der Waals surface area (Å²) >= 11 is 0. The molecular weight excluding hydrogens is 755 g/mol. The van der Waals surface area contributed by atoms with Gasteiger partial charge in [-0.1, -0.05) is 24.6 Å². The van der Waals surface area contributed by atoms with Gasteiger partial charge in [-0.3, -0.25) is 4.90 Å². The second kappa shape index (κ2) is 18.3. The lowest BCUT2D eigenvalue weighted by molar-refractivity contribution is -0.941. The summed E-state index contributed by atoms with van der Waals surface area (Å²) in [5.41, 5.74) is 6.65. The van der Waals surface area contributed by atoms with Crippen molar-refractivity contribution in [3.63, 3.8) is 0 Å². The summed E-state index contributed by atoms with van der Waals surface area (Å²) in [5, 5.41) is 22.8. The number of hydrogen-bond acceptors (Lipinski definition) is 9.